The van der Waals surface area contributed by atoms with Gasteiger partial charge in [0.2, 0.25) is 20.0 Å². The summed E-state index contributed by atoms with van der Waals surface area (Å²) in [6, 6.07) is 3.42. The first-order valence-electron chi connectivity index (χ1n) is 6.79. The number of nitrogens with zero attached hydrogens (tertiary/aromatic N) is 1. The van der Waals surface area contributed by atoms with E-state index in [1.807, 2.05) is 6.92 Å². The van der Waals surface area contributed by atoms with Gasteiger partial charge in [-0.1, -0.05) is 6.92 Å². The second-order valence-electron chi connectivity index (χ2n) is 5.08. The van der Waals surface area contributed by atoms with Crippen molar-refractivity contribution in [3.05, 3.63) is 17.0 Å². The lowest BCUT2D eigenvalue weighted by molar-refractivity contribution is 0.410. The van der Waals surface area contributed by atoms with Gasteiger partial charge in [0.15, 0.2) is 0 Å². The normalized spacial score (nSPS) is 16.5. The molecular weight excluding hydrogens is 332 g/mol. The van der Waals surface area contributed by atoms with Gasteiger partial charge in [-0.25, -0.2) is 21.6 Å². The molecule has 0 atom stereocenters. The van der Waals surface area contributed by atoms with Gasteiger partial charge < -0.3 is 0 Å². The minimum Gasteiger partial charge on any atom is -0.212 e. The van der Waals surface area contributed by atoms with Crippen LogP contribution >= 0.6 is 11.3 Å². The molecular formula is C12H20N2O4S3. The number of hydrogen-bond donors (Lipinski definition) is 1. The minimum atomic E-state index is -3.55. The fraction of sp³-hybridized carbons (Fsp3) is 0.667. The molecule has 0 spiro atoms. The SMILES string of the molecule is CCc1ccc(S(=O)(=O)NCCN(C2CC2)S(C)(=O)=O)s1. The highest BCUT2D eigenvalue weighted by atomic mass is 32.2. The molecule has 1 aliphatic carbocycles. The zero-order valence-electron chi connectivity index (χ0n) is 12.1. The van der Waals surface area contributed by atoms with Crippen LogP contribution in [-0.2, 0) is 26.5 Å². The fourth-order valence-electron chi connectivity index (χ4n) is 2.04. The molecule has 1 saturated carbocycles. The van der Waals surface area contributed by atoms with E-state index >= 15 is 0 Å². The average molecular weight is 353 g/mol. The lowest BCUT2D eigenvalue weighted by Crippen LogP contribution is -2.39. The Kier molecular flexibility index (Phi) is 5.09. The van der Waals surface area contributed by atoms with Crippen LogP contribution in [-0.4, -0.2) is 46.5 Å². The molecule has 120 valence electrons. The van der Waals surface area contributed by atoms with Crippen molar-refractivity contribution in [2.45, 2.75) is 36.4 Å². The second kappa shape index (κ2) is 6.33. The van der Waals surface area contributed by atoms with Crippen LogP contribution in [0.25, 0.3) is 0 Å². The summed E-state index contributed by atoms with van der Waals surface area (Å²) in [4.78, 5) is 1.01. The molecule has 0 aliphatic heterocycles. The highest BCUT2D eigenvalue weighted by Gasteiger charge is 2.34. The molecule has 6 nitrogen and oxygen atoms in total. The van der Waals surface area contributed by atoms with E-state index in [9.17, 15) is 16.8 Å². The van der Waals surface area contributed by atoms with Crippen molar-refractivity contribution in [1.82, 2.24) is 9.03 Å². The minimum absolute atomic E-state index is 0.0398. The number of aryl methyl sites for hydroxylation is 1. The third-order valence-corrected chi connectivity index (χ3v) is 7.77. The van der Waals surface area contributed by atoms with Crippen LogP contribution in [0.1, 0.15) is 24.6 Å². The highest BCUT2D eigenvalue weighted by molar-refractivity contribution is 7.91. The summed E-state index contributed by atoms with van der Waals surface area (Å²) in [6.45, 7) is 2.23. The van der Waals surface area contributed by atoms with E-state index in [1.165, 1.54) is 15.6 Å². The Morgan fingerprint density at radius 1 is 1.29 bits per heavy atom. The topological polar surface area (TPSA) is 83.6 Å². The van der Waals surface area contributed by atoms with E-state index in [4.69, 9.17) is 0 Å². The van der Waals surface area contributed by atoms with Crippen molar-refractivity contribution in [2.24, 2.45) is 0 Å². The summed E-state index contributed by atoms with van der Waals surface area (Å²) in [6.07, 6.45) is 3.66. The first-order valence-corrected chi connectivity index (χ1v) is 10.9. The molecule has 9 heteroatoms. The Balaban J connectivity index is 1.95. The lowest BCUT2D eigenvalue weighted by atomic mass is 10.4. The first kappa shape index (κ1) is 16.9. The Morgan fingerprint density at radius 2 is 1.95 bits per heavy atom. The predicted octanol–water partition coefficient (Wildman–Crippen LogP) is 1.01. The quantitative estimate of drug-likeness (QED) is 0.757. The molecule has 1 aromatic heterocycles. The predicted molar refractivity (Wildman–Crippen MR) is 83.5 cm³/mol. The molecule has 2 rings (SSSR count). The van der Waals surface area contributed by atoms with Crippen LogP contribution < -0.4 is 4.72 Å². The summed E-state index contributed by atoms with van der Waals surface area (Å²) >= 11 is 1.24. The van der Waals surface area contributed by atoms with Crippen LogP contribution in [0.2, 0.25) is 0 Å². The third-order valence-electron chi connectivity index (χ3n) is 3.25. The van der Waals surface area contributed by atoms with Gasteiger partial charge in [0.1, 0.15) is 4.21 Å². The maximum Gasteiger partial charge on any atom is 0.250 e. The Bertz CT molecular complexity index is 690. The molecule has 0 saturated heterocycles. The van der Waals surface area contributed by atoms with Gasteiger partial charge in [-0.2, -0.15) is 4.31 Å². The zero-order valence-corrected chi connectivity index (χ0v) is 14.5. The van der Waals surface area contributed by atoms with Crippen molar-refractivity contribution >= 4 is 31.4 Å². The fourth-order valence-corrected chi connectivity index (χ4v) is 5.57. The van der Waals surface area contributed by atoms with Gasteiger partial charge in [0, 0.05) is 24.0 Å². The van der Waals surface area contributed by atoms with Gasteiger partial charge in [0.05, 0.1) is 6.26 Å². The molecule has 0 bridgehead atoms. The van der Waals surface area contributed by atoms with Gasteiger partial charge in [-0.3, -0.25) is 0 Å². The lowest BCUT2D eigenvalue weighted by Gasteiger charge is -2.19. The zero-order chi connectivity index (χ0) is 15.7. The van der Waals surface area contributed by atoms with Gasteiger partial charge >= 0.3 is 0 Å². The number of thiophene rings is 1. The van der Waals surface area contributed by atoms with Crippen LogP contribution in [0, 0.1) is 0 Å². The van der Waals surface area contributed by atoms with Crippen molar-refractivity contribution in [3.8, 4) is 0 Å². The molecule has 0 radical (unpaired) electrons. The summed E-state index contributed by atoms with van der Waals surface area (Å²) in [7, 11) is -6.83. The van der Waals surface area contributed by atoms with Crippen LogP contribution in [0.5, 0.6) is 0 Å². The van der Waals surface area contributed by atoms with E-state index in [0.717, 1.165) is 30.4 Å². The smallest absolute Gasteiger partial charge is 0.212 e. The first-order chi connectivity index (χ1) is 9.74. The van der Waals surface area contributed by atoms with Gasteiger partial charge in [-0.05, 0) is 31.4 Å². The second-order valence-corrected chi connectivity index (χ2v) is 10.2. The average Bonchev–Trinajstić information content (AvgIpc) is 3.07. The molecule has 1 heterocycles. The van der Waals surface area contributed by atoms with E-state index in [-0.39, 0.29) is 23.3 Å². The maximum atomic E-state index is 12.1. The number of hydrogen-bond acceptors (Lipinski definition) is 5. The molecule has 1 aliphatic rings. The number of sulfonamides is 2. The summed E-state index contributed by atoms with van der Waals surface area (Å²) in [5, 5.41) is 0. The van der Waals surface area contributed by atoms with Crippen LogP contribution in [0.15, 0.2) is 16.3 Å². The van der Waals surface area contributed by atoms with E-state index in [2.05, 4.69) is 4.72 Å². The Labute approximate surface area is 130 Å². The Morgan fingerprint density at radius 3 is 2.43 bits per heavy atom. The Hall–Kier alpha value is -0.480. The molecule has 0 aromatic carbocycles. The number of rotatable bonds is 8. The van der Waals surface area contributed by atoms with E-state index in [0.29, 0.717) is 0 Å². The van der Waals surface area contributed by atoms with Crippen molar-refractivity contribution in [1.29, 1.82) is 0 Å². The van der Waals surface area contributed by atoms with Gasteiger partial charge in [0.25, 0.3) is 0 Å². The van der Waals surface area contributed by atoms with Crippen molar-refractivity contribution in [2.75, 3.05) is 19.3 Å². The van der Waals surface area contributed by atoms with Crippen molar-refractivity contribution in [3.63, 3.8) is 0 Å². The largest absolute Gasteiger partial charge is 0.250 e. The maximum absolute atomic E-state index is 12.1. The van der Waals surface area contributed by atoms with E-state index < -0.39 is 20.0 Å². The monoisotopic (exact) mass is 352 g/mol. The van der Waals surface area contributed by atoms with Gasteiger partial charge in [-0.15, -0.1) is 11.3 Å². The summed E-state index contributed by atoms with van der Waals surface area (Å²) in [5.41, 5.74) is 0. The summed E-state index contributed by atoms with van der Waals surface area (Å²) < 4.78 is 51.6. The van der Waals surface area contributed by atoms with Crippen LogP contribution in [0.3, 0.4) is 0 Å². The van der Waals surface area contributed by atoms with Crippen LogP contribution in [0.4, 0.5) is 0 Å². The molecule has 1 N–H and O–H groups in total. The molecule has 1 aromatic rings. The highest BCUT2D eigenvalue weighted by Crippen LogP contribution is 2.28. The standard InChI is InChI=1S/C12H20N2O4S3/c1-3-11-6-7-12(19-11)21(17,18)13-8-9-14(10-4-5-10)20(2,15)16/h6-7,10,13H,3-5,8-9H2,1-2H3. The van der Waals surface area contributed by atoms with E-state index in [1.54, 1.807) is 12.1 Å². The third kappa shape index (κ3) is 4.49. The molecule has 0 unspecified atom stereocenters. The molecule has 0 amide bonds. The summed E-state index contributed by atoms with van der Waals surface area (Å²) in [5.74, 6) is 0. The van der Waals surface area contributed by atoms with Crippen molar-refractivity contribution < 1.29 is 16.8 Å². The number of nitrogens with one attached hydrogen (secondary N) is 1. The molecule has 21 heavy (non-hydrogen) atoms. The molecule has 1 fully saturated rings.